The van der Waals surface area contributed by atoms with Crippen molar-refractivity contribution in [2.24, 2.45) is 5.73 Å². The Labute approximate surface area is 116 Å². The van der Waals surface area contributed by atoms with Crippen LogP contribution in [-0.2, 0) is 6.42 Å². The summed E-state index contributed by atoms with van der Waals surface area (Å²) in [6.45, 7) is 6.57. The van der Waals surface area contributed by atoms with E-state index in [9.17, 15) is 0 Å². The molecule has 2 N–H and O–H groups in total. The molecule has 19 heavy (non-hydrogen) atoms. The van der Waals surface area contributed by atoms with Crippen LogP contribution in [0.15, 0.2) is 24.3 Å². The molecule has 0 bridgehead atoms. The average molecular weight is 259 g/mol. The standard InChI is InChI=1S/C16H25N3/c17-8-9-18-10-12-19(13-11-18)16-7-3-5-14-4-1-2-6-15(14)16/h1-2,4,6,16H,3,5,7-13,17H2. The number of nitrogens with zero attached hydrogens (tertiary/aromatic N) is 2. The van der Waals surface area contributed by atoms with Crippen LogP contribution in [0.3, 0.4) is 0 Å². The highest BCUT2D eigenvalue weighted by Gasteiger charge is 2.27. The van der Waals surface area contributed by atoms with Gasteiger partial charge in [0.25, 0.3) is 0 Å². The lowest BCUT2D eigenvalue weighted by Crippen LogP contribution is -2.49. The predicted molar refractivity (Wildman–Crippen MR) is 79.2 cm³/mol. The van der Waals surface area contributed by atoms with Crippen molar-refractivity contribution >= 4 is 0 Å². The quantitative estimate of drug-likeness (QED) is 0.895. The lowest BCUT2D eigenvalue weighted by atomic mass is 9.86. The Bertz CT molecular complexity index is 410. The maximum Gasteiger partial charge on any atom is 0.0352 e. The molecule has 3 nitrogen and oxygen atoms in total. The van der Waals surface area contributed by atoms with Gasteiger partial charge in [0.1, 0.15) is 0 Å². The number of rotatable bonds is 3. The minimum atomic E-state index is 0.657. The molecular formula is C16H25N3. The lowest BCUT2D eigenvalue weighted by molar-refractivity contribution is 0.0898. The summed E-state index contributed by atoms with van der Waals surface area (Å²) in [4.78, 5) is 5.18. The van der Waals surface area contributed by atoms with Gasteiger partial charge in [0.05, 0.1) is 0 Å². The van der Waals surface area contributed by atoms with E-state index in [-0.39, 0.29) is 0 Å². The average Bonchev–Trinajstić information content (AvgIpc) is 2.48. The van der Waals surface area contributed by atoms with Gasteiger partial charge in [-0.2, -0.15) is 0 Å². The molecule has 1 saturated heterocycles. The van der Waals surface area contributed by atoms with Crippen LogP contribution in [0.25, 0.3) is 0 Å². The molecule has 1 aromatic rings. The molecule has 1 unspecified atom stereocenters. The van der Waals surface area contributed by atoms with Crippen LogP contribution in [-0.4, -0.2) is 49.1 Å². The third-order valence-corrected chi connectivity index (χ3v) is 4.63. The zero-order chi connectivity index (χ0) is 13.1. The Hall–Kier alpha value is -0.900. The van der Waals surface area contributed by atoms with Crippen LogP contribution in [0.1, 0.15) is 30.0 Å². The van der Waals surface area contributed by atoms with Crippen molar-refractivity contribution in [1.29, 1.82) is 0 Å². The van der Waals surface area contributed by atoms with E-state index in [4.69, 9.17) is 5.73 Å². The molecule has 0 saturated carbocycles. The first kappa shape index (κ1) is 13.1. The summed E-state index contributed by atoms with van der Waals surface area (Å²) < 4.78 is 0. The van der Waals surface area contributed by atoms with Gasteiger partial charge in [0.15, 0.2) is 0 Å². The van der Waals surface area contributed by atoms with Crippen molar-refractivity contribution in [2.45, 2.75) is 25.3 Å². The SMILES string of the molecule is NCCN1CCN(C2CCCc3ccccc32)CC1. The third kappa shape index (κ3) is 2.83. The maximum absolute atomic E-state index is 5.64. The number of aryl methyl sites for hydroxylation is 1. The molecule has 1 aliphatic carbocycles. The number of hydrogen-bond acceptors (Lipinski definition) is 3. The topological polar surface area (TPSA) is 32.5 Å². The number of hydrogen-bond donors (Lipinski definition) is 1. The van der Waals surface area contributed by atoms with Gasteiger partial charge in [0.2, 0.25) is 0 Å². The van der Waals surface area contributed by atoms with Gasteiger partial charge in [-0.05, 0) is 30.4 Å². The van der Waals surface area contributed by atoms with Gasteiger partial charge in [-0.1, -0.05) is 24.3 Å². The van der Waals surface area contributed by atoms with E-state index in [0.717, 1.165) is 13.1 Å². The molecule has 1 aliphatic heterocycles. The maximum atomic E-state index is 5.64. The summed E-state index contributed by atoms with van der Waals surface area (Å²) >= 11 is 0. The van der Waals surface area contributed by atoms with Crippen LogP contribution in [0.2, 0.25) is 0 Å². The summed E-state index contributed by atoms with van der Waals surface area (Å²) in [5.74, 6) is 0. The summed E-state index contributed by atoms with van der Waals surface area (Å²) in [5.41, 5.74) is 8.80. The Kier molecular flexibility index (Phi) is 4.16. The summed E-state index contributed by atoms with van der Waals surface area (Å²) in [6, 6.07) is 9.68. The highest BCUT2D eigenvalue weighted by Crippen LogP contribution is 2.34. The molecule has 0 amide bonds. The van der Waals surface area contributed by atoms with Crippen molar-refractivity contribution in [3.05, 3.63) is 35.4 Å². The fourth-order valence-electron chi connectivity index (χ4n) is 3.59. The van der Waals surface area contributed by atoms with Crippen LogP contribution in [0.5, 0.6) is 0 Å². The molecule has 1 aromatic carbocycles. The molecule has 1 heterocycles. The van der Waals surface area contributed by atoms with Crippen molar-refractivity contribution in [3.63, 3.8) is 0 Å². The van der Waals surface area contributed by atoms with Gasteiger partial charge in [-0.3, -0.25) is 9.80 Å². The predicted octanol–water partition coefficient (Wildman–Crippen LogP) is 1.64. The number of fused-ring (bicyclic) bond motifs is 1. The third-order valence-electron chi connectivity index (χ3n) is 4.63. The number of nitrogens with two attached hydrogens (primary N) is 1. The minimum Gasteiger partial charge on any atom is -0.329 e. The fourth-order valence-corrected chi connectivity index (χ4v) is 3.59. The first-order chi connectivity index (χ1) is 9.38. The van der Waals surface area contributed by atoms with E-state index in [1.807, 2.05) is 0 Å². The molecule has 0 radical (unpaired) electrons. The number of benzene rings is 1. The smallest absolute Gasteiger partial charge is 0.0352 e. The van der Waals surface area contributed by atoms with E-state index in [1.165, 1.54) is 45.4 Å². The highest BCUT2D eigenvalue weighted by molar-refractivity contribution is 5.32. The Balaban J connectivity index is 1.68. The normalized spacial score (nSPS) is 25.2. The molecule has 0 aromatic heterocycles. The first-order valence-corrected chi connectivity index (χ1v) is 7.63. The summed E-state index contributed by atoms with van der Waals surface area (Å²) in [6.07, 6.45) is 3.93. The second kappa shape index (κ2) is 6.04. The van der Waals surface area contributed by atoms with E-state index < -0.39 is 0 Å². The molecule has 1 fully saturated rings. The van der Waals surface area contributed by atoms with Gasteiger partial charge < -0.3 is 5.73 Å². The van der Waals surface area contributed by atoms with Gasteiger partial charge in [0, 0.05) is 45.3 Å². The molecule has 0 spiro atoms. The van der Waals surface area contributed by atoms with E-state index in [0.29, 0.717) is 6.04 Å². The van der Waals surface area contributed by atoms with Crippen LogP contribution >= 0.6 is 0 Å². The fraction of sp³-hybridized carbons (Fsp3) is 0.625. The first-order valence-electron chi connectivity index (χ1n) is 7.63. The van der Waals surface area contributed by atoms with Crippen LogP contribution < -0.4 is 5.73 Å². The van der Waals surface area contributed by atoms with Gasteiger partial charge >= 0.3 is 0 Å². The zero-order valence-electron chi connectivity index (χ0n) is 11.7. The largest absolute Gasteiger partial charge is 0.329 e. The van der Waals surface area contributed by atoms with Gasteiger partial charge in [-0.25, -0.2) is 0 Å². The minimum absolute atomic E-state index is 0.657. The van der Waals surface area contributed by atoms with Crippen LogP contribution in [0.4, 0.5) is 0 Å². The summed E-state index contributed by atoms with van der Waals surface area (Å²) in [7, 11) is 0. The Morgan fingerprint density at radius 1 is 1.11 bits per heavy atom. The second-order valence-corrected chi connectivity index (χ2v) is 5.77. The monoisotopic (exact) mass is 259 g/mol. The molecule has 104 valence electrons. The van der Waals surface area contributed by atoms with Crippen molar-refractivity contribution < 1.29 is 0 Å². The molecule has 1 atom stereocenters. The van der Waals surface area contributed by atoms with Gasteiger partial charge in [-0.15, -0.1) is 0 Å². The summed E-state index contributed by atoms with van der Waals surface area (Å²) in [5, 5.41) is 0. The van der Waals surface area contributed by atoms with Crippen LogP contribution in [0, 0.1) is 0 Å². The van der Waals surface area contributed by atoms with E-state index >= 15 is 0 Å². The van der Waals surface area contributed by atoms with E-state index in [1.54, 1.807) is 11.1 Å². The number of piperazine rings is 1. The van der Waals surface area contributed by atoms with Crippen molar-refractivity contribution in [3.8, 4) is 0 Å². The zero-order valence-corrected chi connectivity index (χ0v) is 11.7. The Morgan fingerprint density at radius 2 is 1.89 bits per heavy atom. The highest BCUT2D eigenvalue weighted by atomic mass is 15.3. The molecule has 3 heteroatoms. The van der Waals surface area contributed by atoms with E-state index in [2.05, 4.69) is 34.1 Å². The van der Waals surface area contributed by atoms with Crippen molar-refractivity contribution in [2.75, 3.05) is 39.3 Å². The Morgan fingerprint density at radius 3 is 2.68 bits per heavy atom. The second-order valence-electron chi connectivity index (χ2n) is 5.77. The molecular weight excluding hydrogens is 234 g/mol. The lowest BCUT2D eigenvalue weighted by Gasteiger charge is -2.41. The molecule has 3 rings (SSSR count). The molecule has 2 aliphatic rings. The van der Waals surface area contributed by atoms with Crippen molar-refractivity contribution in [1.82, 2.24) is 9.80 Å².